The SMILES string of the molecule is Cc1ccc(C(CO)NC2CCCC2)cc1C. The van der Waals surface area contributed by atoms with E-state index in [1.54, 1.807) is 0 Å². The van der Waals surface area contributed by atoms with Crippen molar-refractivity contribution in [2.75, 3.05) is 6.61 Å². The average Bonchev–Trinajstić information content (AvgIpc) is 2.82. The fourth-order valence-electron chi connectivity index (χ4n) is 2.61. The predicted molar refractivity (Wildman–Crippen MR) is 71.1 cm³/mol. The fraction of sp³-hybridized carbons (Fsp3) is 0.600. The molecule has 0 saturated heterocycles. The molecule has 1 saturated carbocycles. The summed E-state index contributed by atoms with van der Waals surface area (Å²) in [5.74, 6) is 0. The number of hydrogen-bond acceptors (Lipinski definition) is 2. The molecule has 0 radical (unpaired) electrons. The minimum Gasteiger partial charge on any atom is -0.394 e. The van der Waals surface area contributed by atoms with E-state index < -0.39 is 0 Å². The third kappa shape index (κ3) is 3.08. The summed E-state index contributed by atoms with van der Waals surface area (Å²) in [6.07, 6.45) is 5.15. The van der Waals surface area contributed by atoms with Gasteiger partial charge < -0.3 is 10.4 Å². The summed E-state index contributed by atoms with van der Waals surface area (Å²) in [5.41, 5.74) is 3.82. The van der Waals surface area contributed by atoms with Crippen LogP contribution in [0.5, 0.6) is 0 Å². The topological polar surface area (TPSA) is 32.3 Å². The smallest absolute Gasteiger partial charge is 0.0626 e. The lowest BCUT2D eigenvalue weighted by molar-refractivity contribution is 0.233. The minimum atomic E-state index is 0.0948. The molecule has 0 amide bonds. The summed E-state index contributed by atoms with van der Waals surface area (Å²) >= 11 is 0. The highest BCUT2D eigenvalue weighted by Crippen LogP contribution is 2.23. The second-order valence-electron chi connectivity index (χ2n) is 5.23. The normalized spacial score (nSPS) is 18.5. The van der Waals surface area contributed by atoms with Crippen LogP contribution >= 0.6 is 0 Å². The van der Waals surface area contributed by atoms with Crippen LogP contribution in [0, 0.1) is 13.8 Å². The van der Waals surface area contributed by atoms with Crippen LogP contribution < -0.4 is 5.32 Å². The van der Waals surface area contributed by atoms with Gasteiger partial charge in [-0.15, -0.1) is 0 Å². The molecule has 0 aliphatic heterocycles. The average molecular weight is 233 g/mol. The maximum Gasteiger partial charge on any atom is 0.0626 e. The van der Waals surface area contributed by atoms with E-state index in [9.17, 15) is 5.11 Å². The Hall–Kier alpha value is -0.860. The van der Waals surface area contributed by atoms with Crippen molar-refractivity contribution in [3.63, 3.8) is 0 Å². The van der Waals surface area contributed by atoms with Crippen LogP contribution in [0.25, 0.3) is 0 Å². The molecule has 1 aliphatic carbocycles. The molecule has 1 aliphatic rings. The molecule has 2 nitrogen and oxygen atoms in total. The molecule has 1 fully saturated rings. The highest BCUT2D eigenvalue weighted by Gasteiger charge is 2.19. The lowest BCUT2D eigenvalue weighted by Gasteiger charge is -2.22. The number of benzene rings is 1. The lowest BCUT2D eigenvalue weighted by atomic mass is 10.0. The molecule has 94 valence electrons. The van der Waals surface area contributed by atoms with Gasteiger partial charge in [0.25, 0.3) is 0 Å². The van der Waals surface area contributed by atoms with Crippen molar-refractivity contribution in [3.8, 4) is 0 Å². The van der Waals surface area contributed by atoms with Crippen molar-refractivity contribution in [2.24, 2.45) is 0 Å². The van der Waals surface area contributed by atoms with E-state index in [2.05, 4.69) is 37.4 Å². The van der Waals surface area contributed by atoms with Gasteiger partial charge >= 0.3 is 0 Å². The van der Waals surface area contributed by atoms with Crippen molar-refractivity contribution in [1.82, 2.24) is 5.32 Å². The Morgan fingerprint density at radius 2 is 1.94 bits per heavy atom. The maximum absolute atomic E-state index is 9.54. The van der Waals surface area contributed by atoms with Crippen molar-refractivity contribution in [3.05, 3.63) is 34.9 Å². The van der Waals surface area contributed by atoms with Gasteiger partial charge in [0, 0.05) is 6.04 Å². The third-order valence-corrected chi connectivity index (χ3v) is 3.91. The molecule has 17 heavy (non-hydrogen) atoms. The van der Waals surface area contributed by atoms with E-state index in [-0.39, 0.29) is 12.6 Å². The molecule has 2 heteroatoms. The van der Waals surface area contributed by atoms with E-state index in [0.29, 0.717) is 6.04 Å². The van der Waals surface area contributed by atoms with Crippen LogP contribution in [-0.2, 0) is 0 Å². The van der Waals surface area contributed by atoms with Crippen LogP contribution in [-0.4, -0.2) is 17.8 Å². The van der Waals surface area contributed by atoms with Gasteiger partial charge in [0.05, 0.1) is 12.6 Å². The van der Waals surface area contributed by atoms with Crippen LogP contribution in [0.4, 0.5) is 0 Å². The van der Waals surface area contributed by atoms with Crippen LogP contribution in [0.2, 0.25) is 0 Å². The number of hydrogen-bond donors (Lipinski definition) is 2. The van der Waals surface area contributed by atoms with Gasteiger partial charge in [0.2, 0.25) is 0 Å². The van der Waals surface area contributed by atoms with Gasteiger partial charge in [-0.05, 0) is 43.4 Å². The molecule has 0 heterocycles. The zero-order valence-corrected chi connectivity index (χ0v) is 10.9. The molecule has 0 aromatic heterocycles. The Morgan fingerprint density at radius 1 is 1.24 bits per heavy atom. The Balaban J connectivity index is 2.08. The summed E-state index contributed by atoms with van der Waals surface area (Å²) in [6.45, 7) is 4.43. The quantitative estimate of drug-likeness (QED) is 0.838. The fourth-order valence-corrected chi connectivity index (χ4v) is 2.61. The summed E-state index contributed by atoms with van der Waals surface area (Å²) in [7, 11) is 0. The van der Waals surface area contributed by atoms with Gasteiger partial charge in [-0.2, -0.15) is 0 Å². The third-order valence-electron chi connectivity index (χ3n) is 3.91. The van der Waals surface area contributed by atoms with E-state index >= 15 is 0 Å². The van der Waals surface area contributed by atoms with E-state index in [1.165, 1.54) is 42.4 Å². The first-order valence-electron chi connectivity index (χ1n) is 6.65. The summed E-state index contributed by atoms with van der Waals surface area (Å²) in [6, 6.07) is 7.15. The molecule has 2 N–H and O–H groups in total. The van der Waals surface area contributed by atoms with Crippen LogP contribution in [0.1, 0.15) is 48.4 Å². The zero-order chi connectivity index (χ0) is 12.3. The minimum absolute atomic E-state index is 0.0948. The maximum atomic E-state index is 9.54. The molecule has 1 aromatic rings. The zero-order valence-electron chi connectivity index (χ0n) is 10.9. The van der Waals surface area contributed by atoms with Crippen molar-refractivity contribution < 1.29 is 5.11 Å². The molecule has 0 spiro atoms. The van der Waals surface area contributed by atoms with Gasteiger partial charge in [-0.3, -0.25) is 0 Å². The van der Waals surface area contributed by atoms with Crippen LogP contribution in [0.15, 0.2) is 18.2 Å². The number of aryl methyl sites for hydroxylation is 2. The van der Waals surface area contributed by atoms with Gasteiger partial charge in [0.15, 0.2) is 0 Å². The van der Waals surface area contributed by atoms with Crippen LogP contribution in [0.3, 0.4) is 0 Å². The van der Waals surface area contributed by atoms with Gasteiger partial charge in [0.1, 0.15) is 0 Å². The highest BCUT2D eigenvalue weighted by atomic mass is 16.3. The standard InChI is InChI=1S/C15H23NO/c1-11-7-8-13(9-12(11)2)15(10-17)16-14-5-3-4-6-14/h7-9,14-17H,3-6,10H2,1-2H3. The first-order valence-corrected chi connectivity index (χ1v) is 6.65. The largest absolute Gasteiger partial charge is 0.394 e. The van der Waals surface area contributed by atoms with E-state index in [0.717, 1.165) is 0 Å². The number of aliphatic hydroxyl groups is 1. The Bertz CT molecular complexity index is 369. The first-order chi connectivity index (χ1) is 8.20. The molecular weight excluding hydrogens is 210 g/mol. The molecular formula is C15H23NO. The monoisotopic (exact) mass is 233 g/mol. The Labute approximate surface area is 104 Å². The second kappa shape index (κ2) is 5.65. The van der Waals surface area contributed by atoms with Gasteiger partial charge in [-0.25, -0.2) is 0 Å². The van der Waals surface area contributed by atoms with E-state index in [4.69, 9.17) is 0 Å². The predicted octanol–water partition coefficient (Wildman–Crippen LogP) is 2.87. The van der Waals surface area contributed by atoms with Crippen molar-refractivity contribution in [2.45, 2.75) is 51.6 Å². The van der Waals surface area contributed by atoms with Crippen molar-refractivity contribution in [1.29, 1.82) is 0 Å². The first kappa shape index (κ1) is 12.6. The number of rotatable bonds is 4. The lowest BCUT2D eigenvalue weighted by Crippen LogP contribution is -2.32. The Morgan fingerprint density at radius 3 is 2.53 bits per heavy atom. The van der Waals surface area contributed by atoms with E-state index in [1.807, 2.05) is 0 Å². The number of nitrogens with one attached hydrogen (secondary N) is 1. The Kier molecular flexibility index (Phi) is 4.19. The summed E-state index contributed by atoms with van der Waals surface area (Å²) in [5, 5.41) is 13.1. The molecule has 2 rings (SSSR count). The second-order valence-corrected chi connectivity index (χ2v) is 5.23. The number of aliphatic hydroxyl groups excluding tert-OH is 1. The van der Waals surface area contributed by atoms with Gasteiger partial charge in [-0.1, -0.05) is 31.0 Å². The molecule has 1 aromatic carbocycles. The molecule has 1 unspecified atom stereocenters. The molecule has 1 atom stereocenters. The summed E-state index contributed by atoms with van der Waals surface area (Å²) < 4.78 is 0. The molecule has 0 bridgehead atoms. The highest BCUT2D eigenvalue weighted by molar-refractivity contribution is 5.31. The summed E-state index contributed by atoms with van der Waals surface area (Å²) in [4.78, 5) is 0. The van der Waals surface area contributed by atoms with Crippen molar-refractivity contribution >= 4 is 0 Å².